The van der Waals surface area contributed by atoms with E-state index in [2.05, 4.69) is 10.6 Å². The fourth-order valence-corrected chi connectivity index (χ4v) is 8.43. The maximum Gasteiger partial charge on any atom is 0.248 e. The van der Waals surface area contributed by atoms with Crippen molar-refractivity contribution in [2.24, 2.45) is 11.8 Å². The molecular formula is C28H33N3O4S. The Morgan fingerprint density at radius 3 is 2.64 bits per heavy atom. The first-order valence-electron chi connectivity index (χ1n) is 12.6. The van der Waals surface area contributed by atoms with Gasteiger partial charge in [0.15, 0.2) is 0 Å². The van der Waals surface area contributed by atoms with Crippen molar-refractivity contribution >= 4 is 35.2 Å². The molecule has 1 spiro atoms. The van der Waals surface area contributed by atoms with Crippen molar-refractivity contribution in [3.63, 3.8) is 0 Å². The highest BCUT2D eigenvalue weighted by atomic mass is 32.2. The van der Waals surface area contributed by atoms with Crippen LogP contribution in [0.15, 0.2) is 48.5 Å². The predicted molar refractivity (Wildman–Crippen MR) is 140 cm³/mol. The molecule has 8 heteroatoms. The summed E-state index contributed by atoms with van der Waals surface area (Å²) in [5, 5.41) is 16.1. The fourth-order valence-electron chi connectivity index (χ4n) is 6.23. The summed E-state index contributed by atoms with van der Waals surface area (Å²) >= 11 is 1.63. The standard InChI is InChI=1S/C28H33N3O4S/c1-16-9-10-17(2)20(13-16)30-26(34)24-28-12-11-21(36-28)22(23(28)27(35)31(24)18(3)15-32)25(33)29-14-19-7-5-4-6-8-19/h4-10,13,18,21-24,32H,11-12,14-15H2,1-3H3,(H,29,33)(H,30,34)/t18-,21+,22-,23+,24?,28?/m1/s1. The number of aryl methyl sites for hydroxylation is 2. The van der Waals surface area contributed by atoms with Crippen LogP contribution >= 0.6 is 11.8 Å². The highest BCUT2D eigenvalue weighted by Gasteiger charge is 2.74. The molecule has 190 valence electrons. The molecule has 3 aliphatic heterocycles. The van der Waals surface area contributed by atoms with Gasteiger partial charge in [-0.2, -0.15) is 0 Å². The van der Waals surface area contributed by atoms with Crippen molar-refractivity contribution in [2.45, 2.75) is 62.2 Å². The zero-order chi connectivity index (χ0) is 25.6. The van der Waals surface area contributed by atoms with E-state index in [4.69, 9.17) is 0 Å². The summed E-state index contributed by atoms with van der Waals surface area (Å²) in [5.41, 5.74) is 3.69. The lowest BCUT2D eigenvalue weighted by molar-refractivity contribution is -0.141. The van der Waals surface area contributed by atoms with E-state index in [0.29, 0.717) is 13.0 Å². The van der Waals surface area contributed by atoms with E-state index >= 15 is 0 Å². The molecule has 5 rings (SSSR count). The Kier molecular flexibility index (Phi) is 6.59. The topological polar surface area (TPSA) is 98.7 Å². The second-order valence-electron chi connectivity index (χ2n) is 10.3. The minimum Gasteiger partial charge on any atom is -0.394 e. The second kappa shape index (κ2) is 9.56. The Hall–Kier alpha value is -2.84. The Morgan fingerprint density at radius 2 is 1.92 bits per heavy atom. The number of thioether (sulfide) groups is 1. The summed E-state index contributed by atoms with van der Waals surface area (Å²) < 4.78 is -0.679. The number of anilines is 1. The maximum atomic E-state index is 13.9. The van der Waals surface area contributed by atoms with Gasteiger partial charge in [0.1, 0.15) is 6.04 Å². The van der Waals surface area contributed by atoms with E-state index in [1.165, 1.54) is 0 Å². The average molecular weight is 508 g/mol. The largest absolute Gasteiger partial charge is 0.394 e. The highest BCUT2D eigenvalue weighted by Crippen LogP contribution is 2.66. The van der Waals surface area contributed by atoms with Crippen LogP contribution in [-0.4, -0.2) is 56.4 Å². The number of fused-ring (bicyclic) bond motifs is 1. The third-order valence-corrected chi connectivity index (χ3v) is 9.94. The maximum absolute atomic E-state index is 13.9. The van der Waals surface area contributed by atoms with Crippen molar-refractivity contribution in [2.75, 3.05) is 11.9 Å². The van der Waals surface area contributed by atoms with Gasteiger partial charge in [-0.05, 0) is 56.4 Å². The van der Waals surface area contributed by atoms with E-state index in [0.717, 1.165) is 28.8 Å². The summed E-state index contributed by atoms with van der Waals surface area (Å²) in [6, 6.07) is 14.3. The summed E-state index contributed by atoms with van der Waals surface area (Å²) in [5.74, 6) is -1.67. The van der Waals surface area contributed by atoms with Crippen LogP contribution in [0.25, 0.3) is 0 Å². The summed E-state index contributed by atoms with van der Waals surface area (Å²) in [6.45, 7) is 5.81. The second-order valence-corrected chi connectivity index (χ2v) is 11.9. The molecule has 3 N–H and O–H groups in total. The number of benzene rings is 2. The number of rotatable bonds is 7. The quantitative estimate of drug-likeness (QED) is 0.535. The summed E-state index contributed by atoms with van der Waals surface area (Å²) in [7, 11) is 0. The van der Waals surface area contributed by atoms with Gasteiger partial charge in [0, 0.05) is 17.5 Å². The molecular weight excluding hydrogens is 474 g/mol. The van der Waals surface area contributed by atoms with Crippen LogP contribution in [-0.2, 0) is 20.9 Å². The van der Waals surface area contributed by atoms with Gasteiger partial charge in [-0.25, -0.2) is 0 Å². The van der Waals surface area contributed by atoms with Crippen molar-refractivity contribution in [1.29, 1.82) is 0 Å². The van der Waals surface area contributed by atoms with E-state index < -0.39 is 28.7 Å². The Labute approximate surface area is 216 Å². The van der Waals surface area contributed by atoms with Crippen LogP contribution in [0.1, 0.15) is 36.5 Å². The van der Waals surface area contributed by atoms with Gasteiger partial charge in [0.05, 0.1) is 29.2 Å². The molecule has 2 bridgehead atoms. The summed E-state index contributed by atoms with van der Waals surface area (Å²) in [6.07, 6.45) is 1.48. The van der Waals surface area contributed by atoms with Crippen molar-refractivity contribution < 1.29 is 19.5 Å². The Balaban J connectivity index is 1.45. The molecule has 3 heterocycles. The van der Waals surface area contributed by atoms with E-state index in [1.807, 2.05) is 62.4 Å². The van der Waals surface area contributed by atoms with Crippen molar-refractivity contribution in [1.82, 2.24) is 10.2 Å². The zero-order valence-electron chi connectivity index (χ0n) is 20.9. The molecule has 3 aliphatic rings. The molecule has 2 aromatic carbocycles. The number of carbonyl (C=O) groups is 3. The lowest BCUT2D eigenvalue weighted by Crippen LogP contribution is -2.54. The molecule has 3 fully saturated rings. The molecule has 0 aliphatic carbocycles. The van der Waals surface area contributed by atoms with E-state index in [1.54, 1.807) is 23.6 Å². The number of hydrogen-bond donors (Lipinski definition) is 3. The molecule has 36 heavy (non-hydrogen) atoms. The number of aliphatic hydroxyl groups is 1. The van der Waals surface area contributed by atoms with Crippen LogP contribution < -0.4 is 10.6 Å². The lowest BCUT2D eigenvalue weighted by atomic mass is 9.70. The Morgan fingerprint density at radius 1 is 1.17 bits per heavy atom. The van der Waals surface area contributed by atoms with Crippen molar-refractivity contribution in [3.8, 4) is 0 Å². The third-order valence-electron chi connectivity index (χ3n) is 7.99. The molecule has 7 nitrogen and oxygen atoms in total. The number of amides is 3. The van der Waals surface area contributed by atoms with Gasteiger partial charge in [0.2, 0.25) is 17.7 Å². The molecule has 0 radical (unpaired) electrons. The predicted octanol–water partition coefficient (Wildman–Crippen LogP) is 3.03. The van der Waals surface area contributed by atoms with Crippen LogP contribution in [0.5, 0.6) is 0 Å². The number of nitrogens with zero attached hydrogens (tertiary/aromatic N) is 1. The van der Waals surface area contributed by atoms with Gasteiger partial charge in [0.25, 0.3) is 0 Å². The van der Waals surface area contributed by atoms with E-state index in [9.17, 15) is 19.5 Å². The molecule has 6 atom stereocenters. The van der Waals surface area contributed by atoms with E-state index in [-0.39, 0.29) is 29.6 Å². The minimum atomic E-state index is -0.751. The third kappa shape index (κ3) is 4.00. The fraction of sp³-hybridized carbons (Fsp3) is 0.464. The number of nitrogens with one attached hydrogen (secondary N) is 2. The molecule has 2 unspecified atom stereocenters. The summed E-state index contributed by atoms with van der Waals surface area (Å²) in [4.78, 5) is 42.8. The average Bonchev–Trinajstić information content (AvgIpc) is 3.52. The number of carbonyl (C=O) groups excluding carboxylic acids is 3. The minimum absolute atomic E-state index is 0.00249. The molecule has 2 aromatic rings. The van der Waals surface area contributed by atoms with Crippen molar-refractivity contribution in [3.05, 3.63) is 65.2 Å². The lowest BCUT2D eigenvalue weighted by Gasteiger charge is -2.36. The smallest absolute Gasteiger partial charge is 0.248 e. The van der Waals surface area contributed by atoms with Crippen LogP contribution in [0.3, 0.4) is 0 Å². The van der Waals surface area contributed by atoms with Gasteiger partial charge in [-0.15, -0.1) is 11.8 Å². The number of aliphatic hydroxyl groups excluding tert-OH is 1. The SMILES string of the molecule is Cc1ccc(C)c(NC(=O)C2N([C@H](C)CO)C(=O)[C@@H]3[C@H](C(=O)NCc4ccccc4)[C@@H]4CCC23S4)c1. The zero-order valence-corrected chi connectivity index (χ0v) is 21.7. The molecule has 0 aromatic heterocycles. The normalized spacial score (nSPS) is 29.2. The molecule has 0 saturated carbocycles. The monoisotopic (exact) mass is 507 g/mol. The molecule has 3 amide bonds. The molecule has 3 saturated heterocycles. The number of hydrogen-bond acceptors (Lipinski definition) is 5. The Bertz CT molecular complexity index is 1190. The highest BCUT2D eigenvalue weighted by molar-refractivity contribution is 8.02. The van der Waals surface area contributed by atoms with Crippen LogP contribution in [0, 0.1) is 25.7 Å². The van der Waals surface area contributed by atoms with Gasteiger partial charge in [-0.1, -0.05) is 42.5 Å². The van der Waals surface area contributed by atoms with Gasteiger partial charge in [-0.3, -0.25) is 14.4 Å². The first-order valence-corrected chi connectivity index (χ1v) is 13.5. The van der Waals surface area contributed by atoms with Gasteiger partial charge >= 0.3 is 0 Å². The van der Waals surface area contributed by atoms with Crippen LogP contribution in [0.4, 0.5) is 5.69 Å². The first kappa shape index (κ1) is 24.8. The van der Waals surface area contributed by atoms with Crippen LogP contribution in [0.2, 0.25) is 0 Å². The number of likely N-dealkylation sites (tertiary alicyclic amines) is 1. The first-order chi connectivity index (χ1) is 17.3. The van der Waals surface area contributed by atoms with Gasteiger partial charge < -0.3 is 20.6 Å².